The van der Waals surface area contributed by atoms with Crippen molar-refractivity contribution >= 4 is 11.8 Å². The number of thioether (sulfide) groups is 1. The van der Waals surface area contributed by atoms with E-state index in [2.05, 4.69) is 25.7 Å². The Morgan fingerprint density at radius 1 is 1.44 bits per heavy atom. The highest BCUT2D eigenvalue weighted by atomic mass is 32.2. The summed E-state index contributed by atoms with van der Waals surface area (Å²) in [7, 11) is 0. The Labute approximate surface area is 105 Å². The van der Waals surface area contributed by atoms with Gasteiger partial charge in [-0.25, -0.2) is 0 Å². The van der Waals surface area contributed by atoms with E-state index in [4.69, 9.17) is 0 Å². The van der Waals surface area contributed by atoms with Gasteiger partial charge in [-0.1, -0.05) is 32.8 Å². The zero-order valence-electron chi connectivity index (χ0n) is 10.9. The number of hydrogen-bond acceptors (Lipinski definition) is 2. The van der Waals surface area contributed by atoms with E-state index >= 15 is 0 Å². The van der Waals surface area contributed by atoms with Gasteiger partial charge >= 0.3 is 0 Å². The van der Waals surface area contributed by atoms with E-state index in [0.717, 1.165) is 30.2 Å². The molecular weight excluding hydrogens is 214 g/mol. The van der Waals surface area contributed by atoms with Crippen molar-refractivity contribution < 1.29 is 0 Å². The molecule has 1 aliphatic carbocycles. The summed E-state index contributed by atoms with van der Waals surface area (Å²) in [4.78, 5) is 0. The highest BCUT2D eigenvalue weighted by Gasteiger charge is 2.23. The average Bonchev–Trinajstić information content (AvgIpc) is 2.29. The Kier molecular flexibility index (Phi) is 7.22. The number of hydrogen-bond donors (Lipinski definition) is 1. The zero-order valence-corrected chi connectivity index (χ0v) is 11.7. The molecule has 16 heavy (non-hydrogen) atoms. The average molecular weight is 241 g/mol. The van der Waals surface area contributed by atoms with Gasteiger partial charge in [0, 0.05) is 24.1 Å². The third-order valence-corrected chi connectivity index (χ3v) is 4.54. The Morgan fingerprint density at radius 2 is 2.25 bits per heavy atom. The van der Waals surface area contributed by atoms with Crippen LogP contribution in [0.4, 0.5) is 0 Å². The van der Waals surface area contributed by atoms with Crippen molar-refractivity contribution in [3.05, 3.63) is 12.7 Å². The Balaban J connectivity index is 2.09. The Morgan fingerprint density at radius 3 is 2.94 bits per heavy atom. The lowest BCUT2D eigenvalue weighted by Crippen LogP contribution is -2.36. The van der Waals surface area contributed by atoms with Crippen LogP contribution in [0.3, 0.4) is 0 Å². The van der Waals surface area contributed by atoms with Gasteiger partial charge in [0.2, 0.25) is 0 Å². The zero-order chi connectivity index (χ0) is 11.8. The molecule has 0 heterocycles. The van der Waals surface area contributed by atoms with E-state index in [-0.39, 0.29) is 0 Å². The lowest BCUT2D eigenvalue weighted by molar-refractivity contribution is 0.234. The van der Waals surface area contributed by atoms with Crippen molar-refractivity contribution in [3.63, 3.8) is 0 Å². The van der Waals surface area contributed by atoms with Gasteiger partial charge in [0.15, 0.2) is 0 Å². The fourth-order valence-electron chi connectivity index (χ4n) is 2.52. The molecule has 0 saturated heterocycles. The maximum absolute atomic E-state index is 3.74. The molecule has 94 valence electrons. The van der Waals surface area contributed by atoms with Crippen molar-refractivity contribution in [3.8, 4) is 0 Å². The van der Waals surface area contributed by atoms with Gasteiger partial charge in [0.05, 0.1) is 0 Å². The molecule has 0 aromatic rings. The van der Waals surface area contributed by atoms with Gasteiger partial charge in [-0.15, -0.1) is 6.58 Å². The molecule has 0 radical (unpaired) electrons. The third kappa shape index (κ3) is 5.40. The van der Waals surface area contributed by atoms with E-state index in [1.165, 1.54) is 31.4 Å². The molecule has 1 N–H and O–H groups in total. The van der Waals surface area contributed by atoms with Crippen molar-refractivity contribution in [2.75, 3.05) is 18.1 Å². The second kappa shape index (κ2) is 8.19. The van der Waals surface area contributed by atoms with E-state index in [9.17, 15) is 0 Å². The first-order chi connectivity index (χ1) is 7.74. The molecule has 2 atom stereocenters. The van der Waals surface area contributed by atoms with Crippen LogP contribution in [0.25, 0.3) is 0 Å². The summed E-state index contributed by atoms with van der Waals surface area (Å²) >= 11 is 1.97. The summed E-state index contributed by atoms with van der Waals surface area (Å²) in [5.74, 6) is 4.11. The smallest absolute Gasteiger partial charge is 0.0111 e. The van der Waals surface area contributed by atoms with Crippen LogP contribution in [0.1, 0.15) is 39.5 Å². The first-order valence-electron chi connectivity index (χ1n) is 6.66. The van der Waals surface area contributed by atoms with E-state index in [1.54, 1.807) is 0 Å². The van der Waals surface area contributed by atoms with Crippen LogP contribution in [-0.4, -0.2) is 24.1 Å². The van der Waals surface area contributed by atoms with Crippen LogP contribution in [0.2, 0.25) is 0 Å². The fraction of sp³-hybridized carbons (Fsp3) is 0.857. The summed E-state index contributed by atoms with van der Waals surface area (Å²) in [5.41, 5.74) is 0. The molecule has 0 amide bonds. The molecule has 2 heteroatoms. The molecule has 0 spiro atoms. The monoisotopic (exact) mass is 241 g/mol. The molecule has 2 unspecified atom stereocenters. The minimum absolute atomic E-state index is 0.783. The Bertz CT molecular complexity index is 191. The predicted octanol–water partition coefficient (Wildman–Crippen LogP) is 3.71. The first-order valence-corrected chi connectivity index (χ1v) is 7.81. The molecule has 0 aliphatic heterocycles. The molecule has 0 aromatic heterocycles. The Hall–Kier alpha value is 0.0500. The molecule has 1 rings (SSSR count). The molecule has 0 aromatic carbocycles. The molecular formula is C14H27NS. The maximum atomic E-state index is 3.74. The SMILES string of the molecule is C=CCSCCNC1CCCC(C(C)C)C1. The van der Waals surface area contributed by atoms with Crippen molar-refractivity contribution in [1.82, 2.24) is 5.32 Å². The predicted molar refractivity (Wildman–Crippen MR) is 76.1 cm³/mol. The second-order valence-corrected chi connectivity index (χ2v) is 6.34. The van der Waals surface area contributed by atoms with Crippen molar-refractivity contribution in [2.45, 2.75) is 45.6 Å². The van der Waals surface area contributed by atoms with Gasteiger partial charge in [0.25, 0.3) is 0 Å². The molecule has 1 saturated carbocycles. The topological polar surface area (TPSA) is 12.0 Å². The highest BCUT2D eigenvalue weighted by Crippen LogP contribution is 2.29. The van der Waals surface area contributed by atoms with Crippen LogP contribution < -0.4 is 5.32 Å². The summed E-state index contributed by atoms with van der Waals surface area (Å²) in [5, 5.41) is 3.71. The van der Waals surface area contributed by atoms with Crippen LogP contribution in [0.5, 0.6) is 0 Å². The molecule has 0 bridgehead atoms. The van der Waals surface area contributed by atoms with Gasteiger partial charge < -0.3 is 5.32 Å². The van der Waals surface area contributed by atoms with Crippen LogP contribution in [0.15, 0.2) is 12.7 Å². The first kappa shape index (κ1) is 14.1. The normalized spacial score (nSPS) is 25.9. The van der Waals surface area contributed by atoms with Crippen LogP contribution in [0, 0.1) is 11.8 Å². The quantitative estimate of drug-likeness (QED) is 0.539. The number of nitrogens with one attached hydrogen (secondary N) is 1. The molecule has 1 aliphatic rings. The molecule has 1 fully saturated rings. The largest absolute Gasteiger partial charge is 0.313 e. The van der Waals surface area contributed by atoms with Gasteiger partial charge in [-0.3, -0.25) is 0 Å². The summed E-state index contributed by atoms with van der Waals surface area (Å²) in [6.07, 6.45) is 7.63. The fourth-order valence-corrected chi connectivity index (χ4v) is 3.12. The van der Waals surface area contributed by atoms with Crippen LogP contribution >= 0.6 is 11.8 Å². The van der Waals surface area contributed by atoms with Gasteiger partial charge in [0.1, 0.15) is 0 Å². The van der Waals surface area contributed by atoms with E-state index in [1.807, 2.05) is 17.8 Å². The minimum atomic E-state index is 0.783. The van der Waals surface area contributed by atoms with Crippen molar-refractivity contribution in [1.29, 1.82) is 0 Å². The van der Waals surface area contributed by atoms with Gasteiger partial charge in [-0.2, -0.15) is 11.8 Å². The van der Waals surface area contributed by atoms with Crippen molar-refractivity contribution in [2.24, 2.45) is 11.8 Å². The third-order valence-electron chi connectivity index (χ3n) is 3.57. The number of rotatable bonds is 7. The van der Waals surface area contributed by atoms with E-state index in [0.29, 0.717) is 0 Å². The van der Waals surface area contributed by atoms with Crippen LogP contribution in [-0.2, 0) is 0 Å². The lowest BCUT2D eigenvalue weighted by atomic mass is 9.79. The van der Waals surface area contributed by atoms with E-state index < -0.39 is 0 Å². The summed E-state index contributed by atoms with van der Waals surface area (Å²) in [6, 6.07) is 0.783. The lowest BCUT2D eigenvalue weighted by Gasteiger charge is -2.32. The second-order valence-electron chi connectivity index (χ2n) is 5.19. The molecule has 1 nitrogen and oxygen atoms in total. The highest BCUT2D eigenvalue weighted by molar-refractivity contribution is 7.99. The minimum Gasteiger partial charge on any atom is -0.313 e. The van der Waals surface area contributed by atoms with Gasteiger partial charge in [-0.05, 0) is 24.7 Å². The summed E-state index contributed by atoms with van der Waals surface area (Å²) in [6.45, 7) is 9.63. The standard InChI is InChI=1S/C14H27NS/c1-4-9-16-10-8-15-14-7-5-6-13(11-14)12(2)3/h4,12-15H,1,5-11H2,2-3H3. The maximum Gasteiger partial charge on any atom is 0.0111 e. The summed E-state index contributed by atoms with van der Waals surface area (Å²) < 4.78 is 0.